The van der Waals surface area contributed by atoms with E-state index >= 15 is 0 Å². The van der Waals surface area contributed by atoms with Gasteiger partial charge in [0.05, 0.1) is 17.5 Å². The minimum atomic E-state index is -2.88. The lowest BCUT2D eigenvalue weighted by Crippen LogP contribution is -2.45. The standard InChI is InChI=1S/C12H22N2O3S/c1-10-12(15)14(6-3-5-13-10)8-11-4-2-7-18(16,17)9-11/h10-11,13H,2-9H2,1H3. The van der Waals surface area contributed by atoms with Crippen LogP contribution in [0.2, 0.25) is 0 Å². The third kappa shape index (κ3) is 3.45. The van der Waals surface area contributed by atoms with Gasteiger partial charge >= 0.3 is 0 Å². The third-order valence-electron chi connectivity index (χ3n) is 3.77. The SMILES string of the molecule is CC1NCCCN(CC2CCCS(=O)(=O)C2)C1=O. The maximum Gasteiger partial charge on any atom is 0.239 e. The van der Waals surface area contributed by atoms with E-state index in [-0.39, 0.29) is 23.6 Å². The van der Waals surface area contributed by atoms with Crippen LogP contribution in [0.1, 0.15) is 26.2 Å². The summed E-state index contributed by atoms with van der Waals surface area (Å²) in [6.45, 7) is 4.07. The van der Waals surface area contributed by atoms with Crippen molar-refractivity contribution in [2.45, 2.75) is 32.2 Å². The van der Waals surface area contributed by atoms with Crippen molar-refractivity contribution in [1.82, 2.24) is 10.2 Å². The van der Waals surface area contributed by atoms with Gasteiger partial charge in [-0.2, -0.15) is 0 Å². The van der Waals surface area contributed by atoms with Crippen molar-refractivity contribution in [2.24, 2.45) is 5.92 Å². The monoisotopic (exact) mass is 274 g/mol. The molecule has 5 nitrogen and oxygen atoms in total. The number of hydrogen-bond donors (Lipinski definition) is 1. The molecular weight excluding hydrogens is 252 g/mol. The molecule has 0 aromatic heterocycles. The Morgan fingerprint density at radius 1 is 1.39 bits per heavy atom. The van der Waals surface area contributed by atoms with E-state index in [4.69, 9.17) is 0 Å². The molecule has 2 aliphatic rings. The van der Waals surface area contributed by atoms with Crippen molar-refractivity contribution in [3.8, 4) is 0 Å². The van der Waals surface area contributed by atoms with Crippen LogP contribution in [-0.4, -0.2) is 56.4 Å². The van der Waals surface area contributed by atoms with Gasteiger partial charge in [-0.3, -0.25) is 4.79 Å². The highest BCUT2D eigenvalue weighted by atomic mass is 32.2. The van der Waals surface area contributed by atoms with E-state index in [9.17, 15) is 13.2 Å². The van der Waals surface area contributed by atoms with Crippen LogP contribution in [0.15, 0.2) is 0 Å². The molecular formula is C12H22N2O3S. The molecule has 2 heterocycles. The highest BCUT2D eigenvalue weighted by Crippen LogP contribution is 2.20. The van der Waals surface area contributed by atoms with Crippen LogP contribution in [0, 0.1) is 5.92 Å². The Morgan fingerprint density at radius 2 is 2.17 bits per heavy atom. The smallest absolute Gasteiger partial charge is 0.239 e. The molecule has 0 spiro atoms. The van der Waals surface area contributed by atoms with Crippen molar-refractivity contribution in [2.75, 3.05) is 31.1 Å². The Kier molecular flexibility index (Phi) is 4.27. The maximum atomic E-state index is 12.1. The molecule has 2 unspecified atom stereocenters. The first-order valence-electron chi connectivity index (χ1n) is 6.70. The average molecular weight is 274 g/mol. The molecule has 1 amide bonds. The van der Waals surface area contributed by atoms with Crippen molar-refractivity contribution >= 4 is 15.7 Å². The quantitative estimate of drug-likeness (QED) is 0.771. The minimum absolute atomic E-state index is 0.107. The van der Waals surface area contributed by atoms with Crippen molar-refractivity contribution in [3.05, 3.63) is 0 Å². The van der Waals surface area contributed by atoms with Gasteiger partial charge < -0.3 is 10.2 Å². The van der Waals surface area contributed by atoms with E-state index in [2.05, 4.69) is 5.32 Å². The van der Waals surface area contributed by atoms with Gasteiger partial charge in [0.25, 0.3) is 0 Å². The molecule has 0 aromatic carbocycles. The summed E-state index contributed by atoms with van der Waals surface area (Å²) in [4.78, 5) is 13.9. The van der Waals surface area contributed by atoms with Gasteiger partial charge in [0.1, 0.15) is 0 Å². The van der Waals surface area contributed by atoms with Crippen molar-refractivity contribution < 1.29 is 13.2 Å². The van der Waals surface area contributed by atoms with Crippen LogP contribution in [-0.2, 0) is 14.6 Å². The highest BCUT2D eigenvalue weighted by Gasteiger charge is 2.29. The Hall–Kier alpha value is -0.620. The first-order chi connectivity index (χ1) is 8.48. The number of carbonyl (C=O) groups is 1. The van der Waals surface area contributed by atoms with Gasteiger partial charge in [0.2, 0.25) is 5.91 Å². The zero-order valence-electron chi connectivity index (χ0n) is 10.9. The van der Waals surface area contributed by atoms with E-state index in [0.29, 0.717) is 12.3 Å². The van der Waals surface area contributed by atoms with Crippen LogP contribution >= 0.6 is 0 Å². The minimum Gasteiger partial charge on any atom is -0.341 e. The molecule has 2 aliphatic heterocycles. The van der Waals surface area contributed by atoms with E-state index in [1.807, 2.05) is 11.8 Å². The third-order valence-corrected chi connectivity index (χ3v) is 5.66. The van der Waals surface area contributed by atoms with Gasteiger partial charge in [-0.25, -0.2) is 8.42 Å². The molecule has 0 aliphatic carbocycles. The predicted molar refractivity (Wildman–Crippen MR) is 70.0 cm³/mol. The summed E-state index contributed by atoms with van der Waals surface area (Å²) in [6, 6.07) is -0.146. The van der Waals surface area contributed by atoms with Gasteiger partial charge in [-0.1, -0.05) is 0 Å². The van der Waals surface area contributed by atoms with Crippen molar-refractivity contribution in [1.29, 1.82) is 0 Å². The van der Waals surface area contributed by atoms with Gasteiger partial charge in [-0.15, -0.1) is 0 Å². The fourth-order valence-corrected chi connectivity index (χ4v) is 4.58. The molecule has 0 saturated carbocycles. The molecule has 0 aromatic rings. The zero-order chi connectivity index (χ0) is 13.2. The molecule has 0 bridgehead atoms. The number of carbonyl (C=O) groups excluding carboxylic acids is 1. The lowest BCUT2D eigenvalue weighted by molar-refractivity contribution is -0.132. The molecule has 2 atom stereocenters. The summed E-state index contributed by atoms with van der Waals surface area (Å²) in [5, 5.41) is 3.17. The molecule has 1 N–H and O–H groups in total. The lowest BCUT2D eigenvalue weighted by atomic mass is 10.0. The number of nitrogens with one attached hydrogen (secondary N) is 1. The Morgan fingerprint density at radius 3 is 2.89 bits per heavy atom. The number of rotatable bonds is 2. The van der Waals surface area contributed by atoms with Gasteiger partial charge in [0, 0.05) is 13.1 Å². The number of amides is 1. The second kappa shape index (κ2) is 5.57. The highest BCUT2D eigenvalue weighted by molar-refractivity contribution is 7.91. The van der Waals surface area contributed by atoms with Crippen molar-refractivity contribution in [3.63, 3.8) is 0 Å². The number of hydrogen-bond acceptors (Lipinski definition) is 4. The number of nitrogens with zero attached hydrogens (tertiary/aromatic N) is 1. The molecule has 2 rings (SSSR count). The summed E-state index contributed by atoms with van der Waals surface area (Å²) in [7, 11) is -2.88. The Labute approximate surface area is 109 Å². The summed E-state index contributed by atoms with van der Waals surface area (Å²) in [5.74, 6) is 0.794. The zero-order valence-corrected chi connectivity index (χ0v) is 11.7. The summed E-state index contributed by atoms with van der Waals surface area (Å²) < 4.78 is 23.2. The molecule has 0 radical (unpaired) electrons. The topological polar surface area (TPSA) is 66.5 Å². The van der Waals surface area contributed by atoms with Crippen LogP contribution in [0.3, 0.4) is 0 Å². The van der Waals surface area contributed by atoms with Crippen LogP contribution < -0.4 is 5.32 Å². The fraction of sp³-hybridized carbons (Fsp3) is 0.917. The summed E-state index contributed by atoms with van der Waals surface area (Å²) >= 11 is 0. The largest absolute Gasteiger partial charge is 0.341 e. The van der Waals surface area contributed by atoms with Crippen LogP contribution in [0.4, 0.5) is 0 Å². The average Bonchev–Trinajstić information content (AvgIpc) is 2.43. The second-order valence-corrected chi connectivity index (χ2v) is 7.66. The van der Waals surface area contributed by atoms with Gasteiger partial charge in [-0.05, 0) is 38.6 Å². The maximum absolute atomic E-state index is 12.1. The molecule has 6 heteroatoms. The molecule has 2 saturated heterocycles. The lowest BCUT2D eigenvalue weighted by Gasteiger charge is -2.29. The molecule has 18 heavy (non-hydrogen) atoms. The predicted octanol–water partition coefficient (Wildman–Crippen LogP) is 0.0216. The fourth-order valence-electron chi connectivity index (χ4n) is 2.81. The summed E-state index contributed by atoms with van der Waals surface area (Å²) in [5.41, 5.74) is 0. The Bertz CT molecular complexity index is 408. The van der Waals surface area contributed by atoms with Crippen LogP contribution in [0.25, 0.3) is 0 Å². The van der Waals surface area contributed by atoms with E-state index in [0.717, 1.165) is 32.4 Å². The summed E-state index contributed by atoms with van der Waals surface area (Å²) in [6.07, 6.45) is 2.60. The normalized spacial score (nSPS) is 33.2. The van der Waals surface area contributed by atoms with E-state index < -0.39 is 9.84 Å². The van der Waals surface area contributed by atoms with E-state index in [1.54, 1.807) is 0 Å². The molecule has 104 valence electrons. The second-order valence-electron chi connectivity index (χ2n) is 5.44. The molecule has 2 fully saturated rings. The van der Waals surface area contributed by atoms with Gasteiger partial charge in [0.15, 0.2) is 9.84 Å². The first kappa shape index (κ1) is 13.8. The first-order valence-corrected chi connectivity index (χ1v) is 8.53. The van der Waals surface area contributed by atoms with Crippen LogP contribution in [0.5, 0.6) is 0 Å². The van der Waals surface area contributed by atoms with E-state index in [1.165, 1.54) is 0 Å². The number of sulfone groups is 1. The Balaban J connectivity index is 1.97.